The Kier molecular flexibility index (Phi) is 4.54. The molecule has 1 saturated heterocycles. The number of cyclic esters (lactones) is 1. The van der Waals surface area contributed by atoms with Gasteiger partial charge in [-0.1, -0.05) is 56.3 Å². The number of carbonyl (C=O) groups excluding carboxylic acids is 2. The van der Waals surface area contributed by atoms with Gasteiger partial charge in [-0.3, -0.25) is 4.79 Å². The fourth-order valence-corrected chi connectivity index (χ4v) is 3.31. The number of oxime groups is 1. The van der Waals surface area contributed by atoms with Crippen LogP contribution in [0.1, 0.15) is 46.6 Å². The number of amides is 2. The molecular weight excluding hydrogens is 332 g/mol. The molecular formula is C20H26N2O4. The number of nitrogens with zero attached hydrogens (tertiary/aromatic N) is 2. The lowest BCUT2D eigenvalue weighted by Gasteiger charge is -2.28. The fraction of sp³-hybridized carbons (Fsp3) is 0.550. The molecule has 1 fully saturated rings. The molecule has 140 valence electrons. The van der Waals surface area contributed by atoms with Crippen LogP contribution >= 0.6 is 0 Å². The van der Waals surface area contributed by atoms with Gasteiger partial charge in [0.25, 0.3) is 5.91 Å². The van der Waals surface area contributed by atoms with Gasteiger partial charge in [-0.15, -0.1) is 0 Å². The molecule has 26 heavy (non-hydrogen) atoms. The van der Waals surface area contributed by atoms with Crippen molar-refractivity contribution in [2.24, 2.45) is 10.6 Å². The molecule has 0 N–H and O–H groups in total. The van der Waals surface area contributed by atoms with E-state index >= 15 is 0 Å². The summed E-state index contributed by atoms with van der Waals surface area (Å²) < 4.78 is 5.49. The van der Waals surface area contributed by atoms with Crippen molar-refractivity contribution in [1.82, 2.24) is 4.90 Å². The Morgan fingerprint density at radius 3 is 2.50 bits per heavy atom. The first-order valence-electron chi connectivity index (χ1n) is 8.93. The summed E-state index contributed by atoms with van der Waals surface area (Å²) in [6.45, 7) is 9.73. The van der Waals surface area contributed by atoms with Gasteiger partial charge in [0.05, 0.1) is 11.8 Å². The molecule has 2 atom stereocenters. The maximum atomic E-state index is 13.0. The van der Waals surface area contributed by atoms with E-state index in [9.17, 15) is 9.59 Å². The summed E-state index contributed by atoms with van der Waals surface area (Å²) in [5, 5.41) is 4.07. The fourth-order valence-electron chi connectivity index (χ4n) is 3.31. The third-order valence-electron chi connectivity index (χ3n) is 4.98. The van der Waals surface area contributed by atoms with Crippen LogP contribution in [0.4, 0.5) is 4.79 Å². The van der Waals surface area contributed by atoms with Crippen molar-refractivity contribution >= 4 is 17.7 Å². The summed E-state index contributed by atoms with van der Waals surface area (Å²) in [6, 6.07) is 9.38. The molecule has 3 rings (SSSR count). The number of carbonyl (C=O) groups is 2. The van der Waals surface area contributed by atoms with Crippen molar-refractivity contribution in [2.45, 2.75) is 65.2 Å². The zero-order valence-corrected chi connectivity index (χ0v) is 16.0. The lowest BCUT2D eigenvalue weighted by molar-refractivity contribution is -0.140. The molecule has 2 amide bonds. The van der Waals surface area contributed by atoms with Gasteiger partial charge >= 0.3 is 6.09 Å². The Balaban J connectivity index is 1.80. The second-order valence-corrected chi connectivity index (χ2v) is 8.47. The van der Waals surface area contributed by atoms with Crippen molar-refractivity contribution < 1.29 is 19.2 Å². The molecule has 0 unspecified atom stereocenters. The summed E-state index contributed by atoms with van der Waals surface area (Å²) in [5.74, 6) is -0.385. The standard InChI is InChI=1S/C20H26N2O4/c1-19(2,3)15-12-14(26-21-15)17(23)22-16(20(4,5)25-18(22)24)11-13-9-7-6-8-10-13/h6-10,14,16H,11-12H2,1-5H3/t14-,16+/m1/s1. The van der Waals surface area contributed by atoms with Crippen LogP contribution in [-0.2, 0) is 20.8 Å². The van der Waals surface area contributed by atoms with Crippen LogP contribution in [-0.4, -0.2) is 40.4 Å². The third-order valence-corrected chi connectivity index (χ3v) is 4.98. The minimum Gasteiger partial charge on any atom is -0.441 e. The summed E-state index contributed by atoms with van der Waals surface area (Å²) in [5.41, 5.74) is 0.918. The van der Waals surface area contributed by atoms with Crippen LogP contribution in [0, 0.1) is 5.41 Å². The van der Waals surface area contributed by atoms with Gasteiger partial charge < -0.3 is 9.57 Å². The normalized spacial score (nSPS) is 24.9. The Morgan fingerprint density at radius 2 is 1.92 bits per heavy atom. The highest BCUT2D eigenvalue weighted by molar-refractivity contribution is 6.01. The smallest absolute Gasteiger partial charge is 0.417 e. The van der Waals surface area contributed by atoms with E-state index in [4.69, 9.17) is 9.57 Å². The average molecular weight is 358 g/mol. The third kappa shape index (κ3) is 3.45. The molecule has 0 aliphatic carbocycles. The Hall–Kier alpha value is -2.37. The summed E-state index contributed by atoms with van der Waals surface area (Å²) in [4.78, 5) is 32.1. The number of hydrogen-bond acceptors (Lipinski definition) is 5. The summed E-state index contributed by atoms with van der Waals surface area (Å²) in [7, 11) is 0. The van der Waals surface area contributed by atoms with E-state index < -0.39 is 23.8 Å². The molecule has 2 aliphatic heterocycles. The maximum absolute atomic E-state index is 13.0. The Morgan fingerprint density at radius 1 is 1.27 bits per heavy atom. The molecule has 0 bridgehead atoms. The summed E-state index contributed by atoms with van der Waals surface area (Å²) >= 11 is 0. The monoisotopic (exact) mass is 358 g/mol. The largest absolute Gasteiger partial charge is 0.441 e. The molecule has 6 nitrogen and oxygen atoms in total. The summed E-state index contributed by atoms with van der Waals surface area (Å²) in [6.07, 6.45) is -0.465. The van der Waals surface area contributed by atoms with Gasteiger partial charge in [-0.05, 0) is 25.8 Å². The first kappa shape index (κ1) is 18.4. The maximum Gasteiger partial charge on any atom is 0.417 e. The number of hydrogen-bond donors (Lipinski definition) is 0. The lowest BCUT2D eigenvalue weighted by atomic mass is 9.87. The van der Waals surface area contributed by atoms with E-state index in [1.54, 1.807) is 0 Å². The number of imide groups is 1. The van der Waals surface area contributed by atoms with Gasteiger partial charge in [0, 0.05) is 11.8 Å². The van der Waals surface area contributed by atoms with Crippen LogP contribution in [0.5, 0.6) is 0 Å². The molecule has 0 radical (unpaired) electrons. The van der Waals surface area contributed by atoms with Crippen LogP contribution in [0.15, 0.2) is 35.5 Å². The molecule has 0 aromatic heterocycles. The van der Waals surface area contributed by atoms with E-state index in [0.717, 1.165) is 11.3 Å². The number of ether oxygens (including phenoxy) is 1. The molecule has 0 saturated carbocycles. The minimum absolute atomic E-state index is 0.177. The highest BCUT2D eigenvalue weighted by Gasteiger charge is 2.53. The minimum atomic E-state index is -0.774. The van der Waals surface area contributed by atoms with Gasteiger partial charge in [-0.2, -0.15) is 0 Å². The molecule has 6 heteroatoms. The van der Waals surface area contributed by atoms with Crippen molar-refractivity contribution in [3.63, 3.8) is 0 Å². The Bertz CT molecular complexity index is 734. The molecule has 0 spiro atoms. The van der Waals surface area contributed by atoms with Crippen LogP contribution < -0.4 is 0 Å². The highest BCUT2D eigenvalue weighted by Crippen LogP contribution is 2.34. The van der Waals surface area contributed by atoms with Crippen LogP contribution in [0.3, 0.4) is 0 Å². The molecule has 2 aliphatic rings. The predicted molar refractivity (Wildman–Crippen MR) is 97.7 cm³/mol. The second-order valence-electron chi connectivity index (χ2n) is 8.47. The van der Waals surface area contributed by atoms with Crippen molar-refractivity contribution in [2.75, 3.05) is 0 Å². The quantitative estimate of drug-likeness (QED) is 0.829. The van der Waals surface area contributed by atoms with Crippen LogP contribution in [0.25, 0.3) is 0 Å². The van der Waals surface area contributed by atoms with E-state index in [1.165, 1.54) is 4.90 Å². The number of benzene rings is 1. The topological polar surface area (TPSA) is 68.2 Å². The molecule has 2 heterocycles. The van der Waals surface area contributed by atoms with Crippen molar-refractivity contribution in [3.8, 4) is 0 Å². The van der Waals surface area contributed by atoms with Crippen molar-refractivity contribution in [3.05, 3.63) is 35.9 Å². The highest BCUT2D eigenvalue weighted by atomic mass is 16.6. The SMILES string of the molecule is CC(C)(C)C1=NO[C@@H](C(=O)N2C(=O)OC(C)(C)[C@@H]2Cc2ccccc2)C1. The van der Waals surface area contributed by atoms with E-state index in [2.05, 4.69) is 5.16 Å². The average Bonchev–Trinajstić information content (AvgIpc) is 3.11. The van der Waals surface area contributed by atoms with Gasteiger partial charge in [0.1, 0.15) is 5.60 Å². The molecule has 1 aromatic carbocycles. The zero-order valence-electron chi connectivity index (χ0n) is 16.0. The second kappa shape index (κ2) is 6.41. The van der Waals surface area contributed by atoms with Crippen LogP contribution in [0.2, 0.25) is 0 Å². The first-order valence-corrected chi connectivity index (χ1v) is 8.93. The van der Waals surface area contributed by atoms with E-state index in [0.29, 0.717) is 12.8 Å². The van der Waals surface area contributed by atoms with E-state index in [1.807, 2.05) is 65.0 Å². The number of rotatable bonds is 3. The predicted octanol–water partition coefficient (Wildman–Crippen LogP) is 3.55. The zero-order chi connectivity index (χ0) is 19.1. The first-order chi connectivity index (χ1) is 12.1. The van der Waals surface area contributed by atoms with Crippen molar-refractivity contribution in [1.29, 1.82) is 0 Å². The Labute approximate surface area is 154 Å². The van der Waals surface area contributed by atoms with Gasteiger partial charge in [0.2, 0.25) is 6.10 Å². The van der Waals surface area contributed by atoms with E-state index in [-0.39, 0.29) is 11.3 Å². The molecule has 1 aromatic rings. The lowest BCUT2D eigenvalue weighted by Crippen LogP contribution is -2.49. The van der Waals surface area contributed by atoms with Gasteiger partial charge in [-0.25, -0.2) is 9.69 Å². The van der Waals surface area contributed by atoms with Gasteiger partial charge in [0.15, 0.2) is 0 Å².